The van der Waals surface area contributed by atoms with E-state index in [1.165, 1.54) is 17.8 Å². The van der Waals surface area contributed by atoms with Gasteiger partial charge in [0.2, 0.25) is 16.0 Å². The fourth-order valence-corrected chi connectivity index (χ4v) is 4.64. The maximum atomic E-state index is 11.5. The summed E-state index contributed by atoms with van der Waals surface area (Å²) in [6.45, 7) is 4.21. The molecule has 1 aromatic heterocycles. The first-order chi connectivity index (χ1) is 16.4. The predicted octanol–water partition coefficient (Wildman–Crippen LogP) is 3.44. The fraction of sp³-hybridized carbons (Fsp3) is 0.200. The van der Waals surface area contributed by atoms with E-state index in [4.69, 9.17) is 10.1 Å². The van der Waals surface area contributed by atoms with Gasteiger partial charge in [0.15, 0.2) is 0 Å². The molecule has 0 amide bonds. The highest BCUT2D eigenvalue weighted by atomic mass is 32.2. The van der Waals surface area contributed by atoms with Crippen LogP contribution in [0, 0.1) is 0 Å². The average Bonchev–Trinajstić information content (AvgIpc) is 2.84. The number of fused-ring (bicyclic) bond motifs is 1. The van der Waals surface area contributed by atoms with E-state index in [-0.39, 0.29) is 4.90 Å². The van der Waals surface area contributed by atoms with Crippen molar-refractivity contribution in [1.29, 1.82) is 0 Å². The zero-order valence-electron chi connectivity index (χ0n) is 18.8. The van der Waals surface area contributed by atoms with E-state index in [2.05, 4.69) is 57.5 Å². The lowest BCUT2D eigenvalue weighted by molar-refractivity contribution is 0.313. The average molecular weight is 475 g/mol. The van der Waals surface area contributed by atoms with Gasteiger partial charge in [-0.15, -0.1) is 0 Å². The van der Waals surface area contributed by atoms with Gasteiger partial charge >= 0.3 is 0 Å². The van der Waals surface area contributed by atoms with Gasteiger partial charge in [0.1, 0.15) is 0 Å². The highest BCUT2D eigenvalue weighted by Gasteiger charge is 2.15. The van der Waals surface area contributed by atoms with Crippen LogP contribution in [-0.4, -0.2) is 56.5 Å². The molecule has 174 valence electrons. The Balaban J connectivity index is 1.42. The minimum absolute atomic E-state index is 0.0554. The highest BCUT2D eigenvalue weighted by molar-refractivity contribution is 7.89. The van der Waals surface area contributed by atoms with Crippen LogP contribution < -0.4 is 15.4 Å². The first kappa shape index (κ1) is 22.3. The molecule has 0 unspecified atom stereocenters. The summed E-state index contributed by atoms with van der Waals surface area (Å²) < 4.78 is 22.9. The van der Waals surface area contributed by atoms with E-state index in [1.807, 2.05) is 12.1 Å². The molecule has 0 bridgehead atoms. The van der Waals surface area contributed by atoms with Gasteiger partial charge in [0.25, 0.3) is 0 Å². The third-order valence-corrected chi connectivity index (χ3v) is 7.03. The quantitative estimate of drug-likeness (QED) is 0.457. The normalized spacial score (nSPS) is 14.9. The van der Waals surface area contributed by atoms with Gasteiger partial charge in [-0.2, -0.15) is 0 Å². The summed E-state index contributed by atoms with van der Waals surface area (Å²) in [6.07, 6.45) is 1.78. The van der Waals surface area contributed by atoms with E-state index in [0.29, 0.717) is 11.6 Å². The second-order valence-corrected chi connectivity index (χ2v) is 10.0. The van der Waals surface area contributed by atoms with Crippen LogP contribution in [0.3, 0.4) is 0 Å². The molecule has 0 atom stereocenters. The van der Waals surface area contributed by atoms with E-state index in [9.17, 15) is 8.42 Å². The number of anilines is 3. The number of primary sulfonamides is 1. The number of sulfonamides is 1. The van der Waals surface area contributed by atoms with Crippen molar-refractivity contribution < 1.29 is 8.42 Å². The summed E-state index contributed by atoms with van der Waals surface area (Å²) in [5, 5.41) is 9.25. The van der Waals surface area contributed by atoms with Crippen LogP contribution in [0.25, 0.3) is 22.0 Å². The number of hydrogen-bond acceptors (Lipinski definition) is 7. The molecular formula is C25H26N6O2S. The first-order valence-electron chi connectivity index (χ1n) is 11.1. The lowest BCUT2D eigenvalue weighted by atomic mass is 10.0. The minimum atomic E-state index is -3.73. The van der Waals surface area contributed by atoms with Crippen molar-refractivity contribution in [3.05, 3.63) is 72.9 Å². The van der Waals surface area contributed by atoms with E-state index >= 15 is 0 Å². The Morgan fingerprint density at radius 2 is 1.62 bits per heavy atom. The molecule has 3 aromatic carbocycles. The van der Waals surface area contributed by atoms with Crippen LogP contribution in [0.2, 0.25) is 0 Å². The summed E-state index contributed by atoms with van der Waals surface area (Å²) in [4.78, 5) is 14.0. The maximum Gasteiger partial charge on any atom is 0.238 e. The van der Waals surface area contributed by atoms with Crippen molar-refractivity contribution in [2.75, 3.05) is 43.4 Å². The second kappa shape index (κ2) is 9.02. The third kappa shape index (κ3) is 4.72. The Kier molecular flexibility index (Phi) is 5.91. The molecule has 2 heterocycles. The number of rotatable bonds is 5. The molecular weight excluding hydrogens is 448 g/mol. The highest BCUT2D eigenvalue weighted by Crippen LogP contribution is 2.30. The van der Waals surface area contributed by atoms with Crippen LogP contribution in [-0.2, 0) is 10.0 Å². The van der Waals surface area contributed by atoms with E-state index < -0.39 is 10.0 Å². The SMILES string of the molecule is CN1CCN(c2ccc(-c3cccc4cnc(Nc5ccc(S(N)(=O)=O)cc5)nc34)cc2)CC1. The lowest BCUT2D eigenvalue weighted by Crippen LogP contribution is -2.44. The maximum absolute atomic E-state index is 11.5. The van der Waals surface area contributed by atoms with Gasteiger partial charge in [-0.25, -0.2) is 23.5 Å². The van der Waals surface area contributed by atoms with Crippen molar-refractivity contribution in [1.82, 2.24) is 14.9 Å². The molecule has 1 aliphatic rings. The van der Waals surface area contributed by atoms with Crippen molar-refractivity contribution in [3.63, 3.8) is 0 Å². The number of piperazine rings is 1. The summed E-state index contributed by atoms with van der Waals surface area (Å²) in [5.74, 6) is 0.428. The van der Waals surface area contributed by atoms with Gasteiger partial charge in [-0.1, -0.05) is 30.3 Å². The van der Waals surface area contributed by atoms with Crippen LogP contribution in [0.5, 0.6) is 0 Å². The number of benzene rings is 3. The van der Waals surface area contributed by atoms with Crippen molar-refractivity contribution in [2.45, 2.75) is 4.90 Å². The molecule has 9 heteroatoms. The first-order valence-corrected chi connectivity index (χ1v) is 12.6. The number of para-hydroxylation sites is 1. The summed E-state index contributed by atoms with van der Waals surface area (Å²) in [5.41, 5.74) is 4.86. The van der Waals surface area contributed by atoms with Crippen LogP contribution in [0.1, 0.15) is 0 Å². The van der Waals surface area contributed by atoms with E-state index in [1.54, 1.807) is 18.3 Å². The Bertz CT molecular complexity index is 1410. The molecule has 1 aliphatic heterocycles. The van der Waals surface area contributed by atoms with Gasteiger partial charge in [-0.3, -0.25) is 0 Å². The topological polar surface area (TPSA) is 104 Å². The lowest BCUT2D eigenvalue weighted by Gasteiger charge is -2.34. The molecule has 1 saturated heterocycles. The summed E-state index contributed by atoms with van der Waals surface area (Å²) in [6, 6.07) is 20.9. The van der Waals surface area contributed by atoms with Crippen molar-refractivity contribution in [3.8, 4) is 11.1 Å². The minimum Gasteiger partial charge on any atom is -0.369 e. The standard InChI is InChI=1S/C25H26N6O2S/c1-30-13-15-31(16-14-30)21-9-5-18(6-10-21)23-4-2-3-19-17-27-25(29-24(19)23)28-20-7-11-22(12-8-20)34(26,32)33/h2-12,17H,13-16H2,1H3,(H2,26,32,33)(H,27,28,29). The van der Waals surface area contributed by atoms with Crippen LogP contribution in [0.4, 0.5) is 17.3 Å². The van der Waals surface area contributed by atoms with Gasteiger partial charge in [0.05, 0.1) is 10.4 Å². The summed E-state index contributed by atoms with van der Waals surface area (Å²) in [7, 11) is -1.58. The Hall–Kier alpha value is -3.53. The molecule has 34 heavy (non-hydrogen) atoms. The number of nitrogens with two attached hydrogens (primary N) is 1. The number of likely N-dealkylation sites (N-methyl/N-ethyl adjacent to an activating group) is 1. The molecule has 0 saturated carbocycles. The zero-order chi connectivity index (χ0) is 23.7. The van der Waals surface area contributed by atoms with Crippen LogP contribution >= 0.6 is 0 Å². The Labute approximate surface area is 199 Å². The molecule has 4 aromatic rings. The zero-order valence-corrected chi connectivity index (χ0v) is 19.7. The number of nitrogens with one attached hydrogen (secondary N) is 1. The smallest absolute Gasteiger partial charge is 0.238 e. The Morgan fingerprint density at radius 1 is 0.912 bits per heavy atom. The van der Waals surface area contributed by atoms with E-state index in [0.717, 1.165) is 48.2 Å². The molecule has 0 aliphatic carbocycles. The predicted molar refractivity (Wildman–Crippen MR) is 136 cm³/mol. The van der Waals surface area contributed by atoms with Gasteiger partial charge < -0.3 is 15.1 Å². The number of hydrogen-bond donors (Lipinski definition) is 2. The van der Waals surface area contributed by atoms with Crippen molar-refractivity contribution in [2.24, 2.45) is 5.14 Å². The Morgan fingerprint density at radius 3 is 2.29 bits per heavy atom. The fourth-order valence-electron chi connectivity index (χ4n) is 4.12. The van der Waals surface area contributed by atoms with Crippen LogP contribution in [0.15, 0.2) is 77.8 Å². The largest absolute Gasteiger partial charge is 0.369 e. The third-order valence-electron chi connectivity index (χ3n) is 6.10. The van der Waals surface area contributed by atoms with Gasteiger partial charge in [-0.05, 0) is 49.0 Å². The van der Waals surface area contributed by atoms with Gasteiger partial charge in [0, 0.05) is 54.7 Å². The number of nitrogens with zero attached hydrogens (tertiary/aromatic N) is 4. The molecule has 0 radical (unpaired) electrons. The molecule has 0 spiro atoms. The molecule has 5 rings (SSSR count). The number of aromatic nitrogens is 2. The monoisotopic (exact) mass is 474 g/mol. The molecule has 3 N–H and O–H groups in total. The molecule has 1 fully saturated rings. The molecule has 8 nitrogen and oxygen atoms in total. The second-order valence-electron chi connectivity index (χ2n) is 8.47. The van der Waals surface area contributed by atoms with Crippen molar-refractivity contribution >= 4 is 38.2 Å². The summed E-state index contributed by atoms with van der Waals surface area (Å²) >= 11 is 0.